The van der Waals surface area contributed by atoms with Crippen LogP contribution < -0.4 is 10.1 Å². The Kier molecular flexibility index (Phi) is 5.69. The van der Waals surface area contributed by atoms with E-state index < -0.39 is 12.1 Å². The van der Waals surface area contributed by atoms with E-state index >= 15 is 0 Å². The van der Waals surface area contributed by atoms with Gasteiger partial charge < -0.3 is 19.9 Å². The predicted octanol–water partition coefficient (Wildman–Crippen LogP) is 2.11. The van der Waals surface area contributed by atoms with E-state index in [1.807, 2.05) is 36.4 Å². The van der Waals surface area contributed by atoms with E-state index in [1.165, 1.54) is 0 Å². The molecule has 29 heavy (non-hydrogen) atoms. The number of carbonyl (C=O) groups is 1. The first-order chi connectivity index (χ1) is 14.1. The van der Waals surface area contributed by atoms with E-state index in [1.54, 1.807) is 19.4 Å². The van der Waals surface area contributed by atoms with Gasteiger partial charge in [0.05, 0.1) is 31.4 Å². The number of carbonyl (C=O) groups excluding carboxylic acids is 1. The largest absolute Gasteiger partial charge is 0.481 e. The zero-order valence-electron chi connectivity index (χ0n) is 16.2. The summed E-state index contributed by atoms with van der Waals surface area (Å²) in [6.45, 7) is 0.798. The van der Waals surface area contributed by atoms with Gasteiger partial charge in [-0.2, -0.15) is 0 Å². The van der Waals surface area contributed by atoms with Crippen LogP contribution in [0, 0.1) is 0 Å². The van der Waals surface area contributed by atoms with Gasteiger partial charge in [0, 0.05) is 24.3 Å². The number of aliphatic hydroxyl groups excluding tert-OH is 1. The lowest BCUT2D eigenvalue weighted by Crippen LogP contribution is -2.49. The molecule has 1 aromatic carbocycles. The molecule has 1 aliphatic rings. The number of rotatable bonds is 5. The number of para-hydroxylation sites is 1. The van der Waals surface area contributed by atoms with Crippen LogP contribution >= 0.6 is 0 Å². The highest BCUT2D eigenvalue weighted by Gasteiger charge is 2.26. The smallest absolute Gasteiger partial charge is 0.270 e. The van der Waals surface area contributed by atoms with Gasteiger partial charge in [0.15, 0.2) is 0 Å². The lowest BCUT2D eigenvalue weighted by atomic mass is 10.0. The van der Waals surface area contributed by atoms with Crippen molar-refractivity contribution in [2.24, 2.45) is 0 Å². The monoisotopic (exact) mass is 393 g/mol. The Labute approximate surface area is 168 Å². The van der Waals surface area contributed by atoms with Crippen molar-refractivity contribution >= 4 is 16.8 Å². The second-order valence-electron chi connectivity index (χ2n) is 7.08. The highest BCUT2D eigenvalue weighted by Crippen LogP contribution is 2.22. The first kappa shape index (κ1) is 19.3. The van der Waals surface area contributed by atoms with E-state index in [4.69, 9.17) is 9.47 Å². The van der Waals surface area contributed by atoms with Gasteiger partial charge in [0.2, 0.25) is 5.88 Å². The number of nitrogens with one attached hydrogen (secondary N) is 1. The predicted molar refractivity (Wildman–Crippen MR) is 108 cm³/mol. The molecule has 7 nitrogen and oxygen atoms in total. The summed E-state index contributed by atoms with van der Waals surface area (Å²) in [5, 5.41) is 13.9. The van der Waals surface area contributed by atoms with Gasteiger partial charge >= 0.3 is 0 Å². The highest BCUT2D eigenvalue weighted by molar-refractivity contribution is 5.96. The molecule has 0 radical (unpaired) electrons. The average Bonchev–Trinajstić information content (AvgIpc) is 2.76. The van der Waals surface area contributed by atoms with Crippen LogP contribution in [0.2, 0.25) is 0 Å². The van der Waals surface area contributed by atoms with Gasteiger partial charge in [-0.05, 0) is 36.1 Å². The minimum atomic E-state index is -0.613. The molecule has 1 aliphatic heterocycles. The number of nitrogens with zero attached hydrogens (tertiary/aromatic N) is 2. The molecule has 0 spiro atoms. The number of benzene rings is 1. The zero-order chi connectivity index (χ0) is 20.2. The molecule has 3 heterocycles. The molecular formula is C22H23N3O4. The third-order valence-electron chi connectivity index (χ3n) is 5.07. The fourth-order valence-electron chi connectivity index (χ4n) is 3.47. The maximum atomic E-state index is 12.8. The molecule has 0 bridgehead atoms. The van der Waals surface area contributed by atoms with Gasteiger partial charge in [-0.25, -0.2) is 9.97 Å². The molecule has 150 valence electrons. The molecular weight excluding hydrogens is 370 g/mol. The van der Waals surface area contributed by atoms with Crippen molar-refractivity contribution in [3.05, 3.63) is 65.5 Å². The maximum absolute atomic E-state index is 12.8. The molecule has 4 rings (SSSR count). The molecule has 2 atom stereocenters. The zero-order valence-corrected chi connectivity index (χ0v) is 16.2. The number of pyridine rings is 2. The molecule has 2 unspecified atom stereocenters. The van der Waals surface area contributed by atoms with Gasteiger partial charge in [-0.15, -0.1) is 0 Å². The molecule has 1 fully saturated rings. The quantitative estimate of drug-likeness (QED) is 0.690. The van der Waals surface area contributed by atoms with Crippen LogP contribution in [0.5, 0.6) is 5.88 Å². The normalized spacial score (nSPS) is 19.1. The summed E-state index contributed by atoms with van der Waals surface area (Å²) in [6, 6.07) is 12.9. The first-order valence-electron chi connectivity index (χ1n) is 9.58. The Morgan fingerprint density at radius 3 is 2.93 bits per heavy atom. The number of fused-ring (bicyclic) bond motifs is 1. The SMILES string of the molecule is COc1ccc(Cc2cc(C(=O)NC3COCCC3O)nc3ccccc23)cn1. The Balaban J connectivity index is 1.63. The van der Waals surface area contributed by atoms with Crippen LogP contribution in [0.15, 0.2) is 48.7 Å². The van der Waals surface area contributed by atoms with Crippen LogP contribution in [0.4, 0.5) is 0 Å². The number of aromatic nitrogens is 2. The van der Waals surface area contributed by atoms with E-state index in [-0.39, 0.29) is 5.91 Å². The van der Waals surface area contributed by atoms with Gasteiger partial charge in [-0.3, -0.25) is 4.79 Å². The molecule has 0 saturated carbocycles. The Morgan fingerprint density at radius 1 is 1.31 bits per heavy atom. The summed E-state index contributed by atoms with van der Waals surface area (Å²) in [7, 11) is 1.58. The van der Waals surface area contributed by atoms with Gasteiger partial charge in [0.25, 0.3) is 5.91 Å². The van der Waals surface area contributed by atoms with Crippen LogP contribution in [0.3, 0.4) is 0 Å². The Hall–Kier alpha value is -3.03. The van der Waals surface area contributed by atoms with E-state index in [9.17, 15) is 9.90 Å². The van der Waals surface area contributed by atoms with Crippen LogP contribution in [-0.2, 0) is 11.2 Å². The number of hydrogen-bond donors (Lipinski definition) is 2. The highest BCUT2D eigenvalue weighted by atomic mass is 16.5. The number of hydrogen-bond acceptors (Lipinski definition) is 6. The number of aliphatic hydroxyl groups is 1. The summed E-state index contributed by atoms with van der Waals surface area (Å²) in [5.74, 6) is 0.237. The summed E-state index contributed by atoms with van der Waals surface area (Å²) in [5.41, 5.74) is 3.05. The van der Waals surface area contributed by atoms with Crippen molar-refractivity contribution in [2.75, 3.05) is 20.3 Å². The second-order valence-corrected chi connectivity index (χ2v) is 7.08. The second kappa shape index (κ2) is 8.55. The third kappa shape index (κ3) is 4.36. The topological polar surface area (TPSA) is 93.6 Å². The Morgan fingerprint density at radius 2 is 2.17 bits per heavy atom. The molecule has 0 aliphatic carbocycles. The third-order valence-corrected chi connectivity index (χ3v) is 5.07. The molecule has 2 aromatic heterocycles. The fraction of sp³-hybridized carbons (Fsp3) is 0.318. The van der Waals surface area contributed by atoms with Gasteiger partial charge in [0.1, 0.15) is 5.69 Å². The number of amides is 1. The molecule has 3 aromatic rings. The molecule has 7 heteroatoms. The van der Waals surface area contributed by atoms with Crippen molar-refractivity contribution in [1.82, 2.24) is 15.3 Å². The average molecular weight is 393 g/mol. The van der Waals surface area contributed by atoms with Crippen molar-refractivity contribution in [3.8, 4) is 5.88 Å². The van der Waals surface area contributed by atoms with Crippen LogP contribution in [0.1, 0.15) is 28.0 Å². The minimum absolute atomic E-state index is 0.296. The van der Waals surface area contributed by atoms with Crippen LogP contribution in [-0.4, -0.2) is 53.5 Å². The molecule has 1 amide bonds. The van der Waals surface area contributed by atoms with Crippen molar-refractivity contribution in [1.29, 1.82) is 0 Å². The van der Waals surface area contributed by atoms with E-state index in [0.717, 1.165) is 22.0 Å². The van der Waals surface area contributed by atoms with Crippen LogP contribution in [0.25, 0.3) is 10.9 Å². The standard InChI is InChI=1S/C22H23N3O4/c1-28-21-7-6-14(12-23-21)10-15-11-18(24-17-5-3-2-4-16(15)17)22(27)25-19-13-29-9-8-20(19)26/h2-7,11-12,19-20,26H,8-10,13H2,1H3,(H,25,27). The summed E-state index contributed by atoms with van der Waals surface area (Å²) in [4.78, 5) is 21.6. The summed E-state index contributed by atoms with van der Waals surface area (Å²) >= 11 is 0. The fourth-order valence-corrected chi connectivity index (χ4v) is 3.47. The van der Waals surface area contributed by atoms with Crippen molar-refractivity contribution in [2.45, 2.75) is 25.0 Å². The minimum Gasteiger partial charge on any atom is -0.481 e. The van der Waals surface area contributed by atoms with E-state index in [0.29, 0.717) is 37.6 Å². The Bertz CT molecular complexity index is 1010. The number of ether oxygens (including phenoxy) is 2. The maximum Gasteiger partial charge on any atom is 0.270 e. The summed E-state index contributed by atoms with van der Waals surface area (Å²) in [6.07, 6.45) is 2.27. The van der Waals surface area contributed by atoms with Crippen molar-refractivity contribution < 1.29 is 19.4 Å². The summed E-state index contributed by atoms with van der Waals surface area (Å²) < 4.78 is 10.5. The lowest BCUT2D eigenvalue weighted by molar-refractivity contribution is -0.0140. The van der Waals surface area contributed by atoms with Gasteiger partial charge in [-0.1, -0.05) is 24.3 Å². The van der Waals surface area contributed by atoms with Crippen molar-refractivity contribution in [3.63, 3.8) is 0 Å². The van der Waals surface area contributed by atoms with E-state index in [2.05, 4.69) is 15.3 Å². The number of methoxy groups -OCH3 is 1. The molecule has 2 N–H and O–H groups in total. The first-order valence-corrected chi connectivity index (χ1v) is 9.58. The lowest BCUT2D eigenvalue weighted by Gasteiger charge is -2.28. The molecule has 1 saturated heterocycles.